The van der Waals surface area contributed by atoms with Crippen molar-refractivity contribution < 1.29 is 13.2 Å². The molecule has 0 aliphatic heterocycles. The van der Waals surface area contributed by atoms with E-state index in [1.807, 2.05) is 66.7 Å². The zero-order chi connectivity index (χ0) is 21.4. The molecule has 0 aromatic heterocycles. The summed E-state index contributed by atoms with van der Waals surface area (Å²) in [5.41, 5.74) is 7.88. The van der Waals surface area contributed by atoms with Crippen LogP contribution >= 0.6 is 0 Å². The first-order valence-electron chi connectivity index (χ1n) is 9.53. The van der Waals surface area contributed by atoms with Crippen molar-refractivity contribution in [2.24, 2.45) is 10.9 Å². The number of rotatable bonds is 9. The molecule has 5 N–H and O–H groups in total. The lowest BCUT2D eigenvalue weighted by Crippen LogP contribution is -2.15. The molecule has 0 saturated carbocycles. The summed E-state index contributed by atoms with van der Waals surface area (Å²) in [7, 11) is -4.03. The molecule has 0 aliphatic carbocycles. The molecule has 0 saturated heterocycles. The summed E-state index contributed by atoms with van der Waals surface area (Å²) in [6.45, 7) is 0.911. The zero-order valence-corrected chi connectivity index (χ0v) is 17.3. The van der Waals surface area contributed by atoms with Crippen molar-refractivity contribution in [1.29, 1.82) is 0 Å². The molecule has 3 aromatic rings. The Labute approximate surface area is 177 Å². The van der Waals surface area contributed by atoms with Crippen molar-refractivity contribution in [2.75, 3.05) is 11.9 Å². The van der Waals surface area contributed by atoms with E-state index in [0.29, 0.717) is 30.9 Å². The number of benzene rings is 3. The molecule has 0 unspecified atom stereocenters. The Balaban J connectivity index is 2.05. The molecule has 0 spiro atoms. The smallest absolute Gasteiger partial charge is 0.241 e. The van der Waals surface area contributed by atoms with Crippen LogP contribution in [0.3, 0.4) is 0 Å². The molecule has 3 aromatic carbocycles. The van der Waals surface area contributed by atoms with E-state index in [-0.39, 0.29) is 10.6 Å². The number of nitrogens with two attached hydrogens (primary N) is 2. The first-order valence-corrected chi connectivity index (χ1v) is 11.1. The first-order chi connectivity index (χ1) is 14.5. The van der Waals surface area contributed by atoms with Gasteiger partial charge in [0.1, 0.15) is 10.6 Å². The maximum atomic E-state index is 12.4. The standard InChI is InChI=1S/C23H25N3O3S/c24-14-8-7-11-19-15-21(26-17-18-9-3-1-4-10-18)23(22(16-19)30(25,27)28)29-20-12-5-2-6-13-20/h1-10,12-13,15-16,26H,11,14,17,24H2,(H2,25,27,28). The quantitative estimate of drug-likeness (QED) is 0.454. The van der Waals surface area contributed by atoms with Gasteiger partial charge in [0.2, 0.25) is 10.0 Å². The summed E-state index contributed by atoms with van der Waals surface area (Å²) in [4.78, 5) is -0.0689. The molecule has 30 heavy (non-hydrogen) atoms. The molecule has 156 valence electrons. The Bertz CT molecular complexity index is 1100. The number of hydrogen-bond donors (Lipinski definition) is 3. The number of nitrogens with one attached hydrogen (secondary N) is 1. The monoisotopic (exact) mass is 423 g/mol. The predicted octanol–water partition coefficient (Wildman–Crippen LogP) is 3.80. The van der Waals surface area contributed by atoms with Gasteiger partial charge in [-0.05, 0) is 41.8 Å². The molecule has 0 atom stereocenters. The van der Waals surface area contributed by atoms with Crippen molar-refractivity contribution in [1.82, 2.24) is 0 Å². The van der Waals surface area contributed by atoms with Crippen LogP contribution in [0.5, 0.6) is 11.5 Å². The molecule has 3 rings (SSSR count). The molecule has 0 amide bonds. The maximum absolute atomic E-state index is 12.4. The maximum Gasteiger partial charge on any atom is 0.241 e. The van der Waals surface area contributed by atoms with E-state index < -0.39 is 10.0 Å². The summed E-state index contributed by atoms with van der Waals surface area (Å²) in [5.74, 6) is 0.687. The van der Waals surface area contributed by atoms with Gasteiger partial charge < -0.3 is 15.8 Å². The van der Waals surface area contributed by atoms with Gasteiger partial charge in [-0.1, -0.05) is 60.7 Å². The average molecular weight is 424 g/mol. The van der Waals surface area contributed by atoms with Crippen LogP contribution in [0.4, 0.5) is 5.69 Å². The van der Waals surface area contributed by atoms with E-state index in [1.54, 1.807) is 18.2 Å². The number of allylic oxidation sites excluding steroid dienone is 1. The van der Waals surface area contributed by atoms with E-state index in [9.17, 15) is 8.42 Å². The first kappa shape index (κ1) is 21.6. The summed E-state index contributed by atoms with van der Waals surface area (Å²) >= 11 is 0. The Morgan fingerprint density at radius 1 is 0.900 bits per heavy atom. The molecular weight excluding hydrogens is 398 g/mol. The zero-order valence-electron chi connectivity index (χ0n) is 16.5. The van der Waals surface area contributed by atoms with E-state index in [1.165, 1.54) is 0 Å². The SMILES string of the molecule is NCC=CCc1cc(NCc2ccccc2)c(Oc2ccccc2)c(S(N)(=O)=O)c1. The summed E-state index contributed by atoms with van der Waals surface area (Å²) < 4.78 is 30.7. The van der Waals surface area contributed by atoms with Gasteiger partial charge in [0.05, 0.1) is 5.69 Å². The molecule has 7 heteroatoms. The molecule has 0 radical (unpaired) electrons. The predicted molar refractivity (Wildman–Crippen MR) is 120 cm³/mol. The molecule has 0 aliphatic rings. The Morgan fingerprint density at radius 2 is 1.57 bits per heavy atom. The Kier molecular flexibility index (Phi) is 7.24. The second-order valence-corrected chi connectivity index (χ2v) is 8.21. The fourth-order valence-electron chi connectivity index (χ4n) is 2.94. The number of primary sulfonamides is 1. The number of anilines is 1. The number of para-hydroxylation sites is 1. The normalized spacial score (nSPS) is 11.5. The highest BCUT2D eigenvalue weighted by Crippen LogP contribution is 2.37. The third kappa shape index (κ3) is 5.93. The fourth-order valence-corrected chi connectivity index (χ4v) is 3.67. The van der Waals surface area contributed by atoms with Gasteiger partial charge in [0.25, 0.3) is 0 Å². The topological polar surface area (TPSA) is 107 Å². The van der Waals surface area contributed by atoms with Gasteiger partial charge in [-0.25, -0.2) is 13.6 Å². The molecule has 0 fully saturated rings. The van der Waals surface area contributed by atoms with Crippen molar-refractivity contribution in [2.45, 2.75) is 17.9 Å². The molecular formula is C23H25N3O3S. The van der Waals surface area contributed by atoms with Crippen LogP contribution in [0.1, 0.15) is 11.1 Å². The van der Waals surface area contributed by atoms with Gasteiger partial charge in [-0.3, -0.25) is 0 Å². The van der Waals surface area contributed by atoms with Crippen LogP contribution in [0.2, 0.25) is 0 Å². The Morgan fingerprint density at radius 3 is 2.20 bits per heavy atom. The van der Waals surface area contributed by atoms with Crippen LogP contribution in [-0.2, 0) is 23.0 Å². The molecule has 0 heterocycles. The third-order valence-corrected chi connectivity index (χ3v) is 5.28. The summed E-state index contributed by atoms with van der Waals surface area (Å²) in [5, 5.41) is 8.84. The third-order valence-electron chi connectivity index (χ3n) is 4.37. The van der Waals surface area contributed by atoms with Crippen LogP contribution in [0.15, 0.2) is 89.8 Å². The minimum Gasteiger partial charge on any atom is -0.454 e. The average Bonchev–Trinajstić information content (AvgIpc) is 2.74. The van der Waals surface area contributed by atoms with Crippen molar-refractivity contribution in [3.63, 3.8) is 0 Å². The van der Waals surface area contributed by atoms with E-state index >= 15 is 0 Å². The Hall–Kier alpha value is -3.13. The minimum atomic E-state index is -4.03. The number of sulfonamides is 1. The van der Waals surface area contributed by atoms with Crippen molar-refractivity contribution in [3.05, 3.63) is 96.1 Å². The van der Waals surface area contributed by atoms with E-state index in [4.69, 9.17) is 15.6 Å². The second kappa shape index (κ2) is 10.1. The van der Waals surface area contributed by atoms with Gasteiger partial charge in [-0.15, -0.1) is 0 Å². The fraction of sp³-hybridized carbons (Fsp3) is 0.130. The number of ether oxygens (including phenoxy) is 1. The summed E-state index contributed by atoms with van der Waals surface area (Å²) in [6.07, 6.45) is 4.23. The van der Waals surface area contributed by atoms with Crippen LogP contribution in [-0.4, -0.2) is 15.0 Å². The molecule has 6 nitrogen and oxygen atoms in total. The highest BCUT2D eigenvalue weighted by atomic mass is 32.2. The van der Waals surface area contributed by atoms with E-state index in [0.717, 1.165) is 11.1 Å². The minimum absolute atomic E-state index is 0.0689. The van der Waals surface area contributed by atoms with Gasteiger partial charge in [0, 0.05) is 13.1 Å². The van der Waals surface area contributed by atoms with Crippen molar-refractivity contribution in [3.8, 4) is 11.5 Å². The molecule has 0 bridgehead atoms. The van der Waals surface area contributed by atoms with Gasteiger partial charge in [-0.2, -0.15) is 0 Å². The summed E-state index contributed by atoms with van der Waals surface area (Å²) in [6, 6.07) is 22.2. The van der Waals surface area contributed by atoms with Crippen molar-refractivity contribution >= 4 is 15.7 Å². The van der Waals surface area contributed by atoms with Crippen LogP contribution in [0, 0.1) is 0 Å². The largest absolute Gasteiger partial charge is 0.454 e. The highest BCUT2D eigenvalue weighted by Gasteiger charge is 2.21. The number of hydrogen-bond acceptors (Lipinski definition) is 5. The lowest BCUT2D eigenvalue weighted by Gasteiger charge is -2.18. The van der Waals surface area contributed by atoms with Crippen LogP contribution < -0.4 is 20.9 Å². The van der Waals surface area contributed by atoms with Gasteiger partial charge >= 0.3 is 0 Å². The lowest BCUT2D eigenvalue weighted by atomic mass is 10.1. The van der Waals surface area contributed by atoms with E-state index in [2.05, 4.69) is 5.32 Å². The highest BCUT2D eigenvalue weighted by molar-refractivity contribution is 7.89. The second-order valence-electron chi connectivity index (χ2n) is 6.68. The van der Waals surface area contributed by atoms with Gasteiger partial charge in [0.15, 0.2) is 5.75 Å². The van der Waals surface area contributed by atoms with Crippen LogP contribution in [0.25, 0.3) is 0 Å². The lowest BCUT2D eigenvalue weighted by molar-refractivity contribution is 0.469.